The minimum Gasteiger partial charge on any atom is -0.369 e. The van der Waals surface area contributed by atoms with E-state index in [0.29, 0.717) is 32.4 Å². The molecular weight excluding hydrogens is 454 g/mol. The summed E-state index contributed by atoms with van der Waals surface area (Å²) in [6, 6.07) is 7.11. The zero-order valence-corrected chi connectivity index (χ0v) is 21.7. The van der Waals surface area contributed by atoms with Crippen LogP contribution in [-0.4, -0.2) is 45.2 Å². The van der Waals surface area contributed by atoms with E-state index in [0.717, 1.165) is 36.1 Å². The number of hydrogen-bond acceptors (Lipinski definition) is 5. The van der Waals surface area contributed by atoms with Gasteiger partial charge in [0, 0.05) is 49.1 Å². The minimum absolute atomic E-state index is 0.0986. The quantitative estimate of drug-likeness (QED) is 0.495. The lowest BCUT2D eigenvalue weighted by atomic mass is 9.81. The second kappa shape index (κ2) is 13.1. The highest BCUT2D eigenvalue weighted by atomic mass is 16.2. The Morgan fingerprint density at radius 1 is 1.19 bits per heavy atom. The molecule has 8 nitrogen and oxygen atoms in total. The van der Waals surface area contributed by atoms with Crippen LogP contribution in [0.25, 0.3) is 11.3 Å². The second-order valence-corrected chi connectivity index (χ2v) is 10.1. The third-order valence-electron chi connectivity index (χ3n) is 6.74. The van der Waals surface area contributed by atoms with Crippen LogP contribution in [-0.2, 0) is 20.9 Å². The molecule has 194 valence electrons. The number of nitrogens with zero attached hydrogens (tertiary/aromatic N) is 3. The van der Waals surface area contributed by atoms with Gasteiger partial charge in [0.25, 0.3) is 0 Å². The summed E-state index contributed by atoms with van der Waals surface area (Å²) < 4.78 is 0. The fourth-order valence-corrected chi connectivity index (χ4v) is 4.96. The van der Waals surface area contributed by atoms with E-state index in [1.165, 1.54) is 0 Å². The third kappa shape index (κ3) is 7.35. The summed E-state index contributed by atoms with van der Waals surface area (Å²) in [6.07, 6.45) is 9.42. The largest absolute Gasteiger partial charge is 0.369 e. The molecule has 3 N–H and O–H groups in total. The Morgan fingerprint density at radius 2 is 2.00 bits per heavy atom. The molecule has 3 heterocycles. The number of pyridine rings is 2. The number of nitrogens with one attached hydrogen (secondary N) is 1. The third-order valence-corrected chi connectivity index (χ3v) is 6.74. The fraction of sp³-hybridized carbons (Fsp3) is 0.536. The number of amides is 3. The molecular formula is C28H39N5O3. The molecule has 0 aromatic carbocycles. The van der Waals surface area contributed by atoms with Gasteiger partial charge in [0.05, 0.1) is 5.69 Å². The molecule has 0 bridgehead atoms. The van der Waals surface area contributed by atoms with E-state index in [2.05, 4.69) is 15.3 Å². The summed E-state index contributed by atoms with van der Waals surface area (Å²) in [7, 11) is 0. The van der Waals surface area contributed by atoms with E-state index < -0.39 is 23.8 Å². The summed E-state index contributed by atoms with van der Waals surface area (Å²) in [5.41, 5.74) is 8.31. The zero-order valence-electron chi connectivity index (χ0n) is 21.7. The van der Waals surface area contributed by atoms with Gasteiger partial charge in [0.1, 0.15) is 6.04 Å². The Morgan fingerprint density at radius 3 is 2.67 bits per heavy atom. The normalized spacial score (nSPS) is 17.9. The van der Waals surface area contributed by atoms with Crippen molar-refractivity contribution in [2.24, 2.45) is 23.5 Å². The summed E-state index contributed by atoms with van der Waals surface area (Å²) in [5.74, 6) is -1.65. The van der Waals surface area contributed by atoms with E-state index in [4.69, 9.17) is 5.73 Å². The van der Waals surface area contributed by atoms with Crippen LogP contribution in [0.2, 0.25) is 0 Å². The molecule has 2 aromatic heterocycles. The van der Waals surface area contributed by atoms with Crippen LogP contribution in [0.5, 0.6) is 0 Å². The monoisotopic (exact) mass is 493 g/mol. The summed E-state index contributed by atoms with van der Waals surface area (Å²) in [4.78, 5) is 49.6. The van der Waals surface area contributed by atoms with Crippen LogP contribution in [0.4, 0.5) is 0 Å². The predicted octanol–water partition coefficient (Wildman–Crippen LogP) is 3.70. The molecule has 1 aliphatic rings. The second-order valence-electron chi connectivity index (χ2n) is 10.1. The molecule has 0 spiro atoms. The number of hydrogen-bond donors (Lipinski definition) is 2. The molecule has 0 radical (unpaired) electrons. The molecule has 0 unspecified atom stereocenters. The molecule has 0 saturated carbocycles. The van der Waals surface area contributed by atoms with Crippen LogP contribution < -0.4 is 11.1 Å². The fourth-order valence-electron chi connectivity index (χ4n) is 4.96. The number of rotatable bonds is 11. The highest BCUT2D eigenvalue weighted by molar-refractivity contribution is 5.91. The van der Waals surface area contributed by atoms with Gasteiger partial charge < -0.3 is 16.0 Å². The van der Waals surface area contributed by atoms with Gasteiger partial charge in [-0.1, -0.05) is 33.3 Å². The lowest BCUT2D eigenvalue weighted by Gasteiger charge is -2.29. The van der Waals surface area contributed by atoms with E-state index in [1.54, 1.807) is 23.5 Å². The number of carbonyl (C=O) groups excluding carboxylic acids is 3. The molecule has 36 heavy (non-hydrogen) atoms. The van der Waals surface area contributed by atoms with Gasteiger partial charge in [-0.2, -0.15) is 0 Å². The number of primary amides is 1. The average molecular weight is 494 g/mol. The Labute approximate surface area is 214 Å². The maximum Gasteiger partial charge on any atom is 0.245 e. The molecule has 3 rings (SSSR count). The molecule has 2 aromatic rings. The summed E-state index contributed by atoms with van der Waals surface area (Å²) in [6.45, 7) is 7.05. The van der Waals surface area contributed by atoms with Gasteiger partial charge >= 0.3 is 0 Å². The highest BCUT2D eigenvalue weighted by Crippen LogP contribution is 2.26. The van der Waals surface area contributed by atoms with Gasteiger partial charge in [0.2, 0.25) is 17.7 Å². The molecule has 3 atom stereocenters. The van der Waals surface area contributed by atoms with Crippen LogP contribution in [0.15, 0.2) is 42.9 Å². The molecule has 1 aliphatic heterocycles. The Balaban J connectivity index is 1.74. The minimum atomic E-state index is -0.614. The van der Waals surface area contributed by atoms with Crippen LogP contribution >= 0.6 is 0 Å². The topological polar surface area (TPSA) is 118 Å². The number of nitrogens with two attached hydrogens (primary N) is 1. The van der Waals surface area contributed by atoms with E-state index in [1.807, 2.05) is 45.0 Å². The first-order valence-corrected chi connectivity index (χ1v) is 13.0. The van der Waals surface area contributed by atoms with E-state index in [9.17, 15) is 14.4 Å². The molecule has 8 heteroatoms. The number of likely N-dealkylation sites (tertiary alicyclic amines) is 1. The highest BCUT2D eigenvalue weighted by Gasteiger charge is 2.35. The molecule has 1 fully saturated rings. The Bertz CT molecular complexity index is 1030. The lowest BCUT2D eigenvalue weighted by Crippen LogP contribution is -2.50. The van der Waals surface area contributed by atoms with Crippen molar-refractivity contribution in [3.05, 3.63) is 48.4 Å². The van der Waals surface area contributed by atoms with Crippen molar-refractivity contribution in [3.8, 4) is 11.3 Å². The number of carbonyl (C=O) groups is 3. The van der Waals surface area contributed by atoms with Crippen molar-refractivity contribution < 1.29 is 14.4 Å². The van der Waals surface area contributed by atoms with Crippen molar-refractivity contribution in [1.82, 2.24) is 20.2 Å². The number of aromatic nitrogens is 2. The van der Waals surface area contributed by atoms with Crippen LogP contribution in [0.3, 0.4) is 0 Å². The summed E-state index contributed by atoms with van der Waals surface area (Å²) >= 11 is 0. The zero-order chi connectivity index (χ0) is 26.1. The average Bonchev–Trinajstić information content (AvgIpc) is 3.03. The standard InChI is InChI=1S/C28H39N5O3/c1-4-9-22(26(29)34)23(14-19(2)3)27(35)32-25-11-6-8-13-33(28(25)36)18-20-15-21(17-30-16-20)24-10-5-7-12-31-24/h5,7,10,12,15-17,19,22-23,25H,4,6,8-9,11,13-14,18H2,1-3H3,(H2,29,34)(H,32,35)/t22-,23+,25-/m0/s1. The lowest BCUT2D eigenvalue weighted by molar-refractivity contribution is -0.139. The Kier molecular flexibility index (Phi) is 9.96. The first-order chi connectivity index (χ1) is 17.3. The molecule has 3 amide bonds. The Hall–Kier alpha value is -3.29. The van der Waals surface area contributed by atoms with Gasteiger partial charge in [0.15, 0.2) is 0 Å². The van der Waals surface area contributed by atoms with Crippen molar-refractivity contribution >= 4 is 17.7 Å². The van der Waals surface area contributed by atoms with Gasteiger partial charge in [-0.25, -0.2) is 0 Å². The summed E-state index contributed by atoms with van der Waals surface area (Å²) in [5, 5.41) is 3.00. The van der Waals surface area contributed by atoms with Gasteiger partial charge in [-0.15, -0.1) is 0 Å². The van der Waals surface area contributed by atoms with Gasteiger partial charge in [-0.3, -0.25) is 24.4 Å². The van der Waals surface area contributed by atoms with Crippen LogP contribution in [0, 0.1) is 17.8 Å². The van der Waals surface area contributed by atoms with Crippen molar-refractivity contribution in [2.75, 3.05) is 6.54 Å². The first kappa shape index (κ1) is 27.3. The van der Waals surface area contributed by atoms with Gasteiger partial charge in [-0.05, 0) is 61.8 Å². The van der Waals surface area contributed by atoms with Crippen molar-refractivity contribution in [1.29, 1.82) is 0 Å². The SMILES string of the molecule is CCC[C@H](C(N)=O)[C@@H](CC(C)C)C(=O)N[C@H]1CCCCN(Cc2cncc(-c3ccccn3)c2)C1=O. The van der Waals surface area contributed by atoms with Crippen LogP contribution in [0.1, 0.15) is 64.9 Å². The van der Waals surface area contributed by atoms with Crippen molar-refractivity contribution in [2.45, 2.75) is 71.9 Å². The molecule has 0 aliphatic carbocycles. The predicted molar refractivity (Wildman–Crippen MR) is 139 cm³/mol. The molecule has 1 saturated heterocycles. The smallest absolute Gasteiger partial charge is 0.245 e. The maximum absolute atomic E-state index is 13.5. The first-order valence-electron chi connectivity index (χ1n) is 13.0. The maximum atomic E-state index is 13.5. The van der Waals surface area contributed by atoms with E-state index >= 15 is 0 Å². The van der Waals surface area contributed by atoms with Crippen molar-refractivity contribution in [3.63, 3.8) is 0 Å². The van der Waals surface area contributed by atoms with E-state index in [-0.39, 0.29) is 17.7 Å².